The number of halogens is 1. The van der Waals surface area contributed by atoms with Crippen LogP contribution in [0.15, 0.2) is 12.4 Å². The van der Waals surface area contributed by atoms with Gasteiger partial charge in [-0.25, -0.2) is 4.98 Å². The van der Waals surface area contributed by atoms with E-state index >= 15 is 0 Å². The van der Waals surface area contributed by atoms with Crippen LogP contribution in [0.5, 0.6) is 6.01 Å². The maximum absolute atomic E-state index is 6.00. The molecule has 2 aromatic rings. The van der Waals surface area contributed by atoms with Gasteiger partial charge in [-0.3, -0.25) is 4.68 Å². The largest absolute Gasteiger partial charge is 0.467 e. The standard InChI is InChI=1S/C11H14ClN5O/c1-7-8(5-15-17(7)2)4-13-10-9(12)6-14-11(16-10)18-3/h5-6H,4H2,1-3H3,(H,13,14,16). The molecule has 0 fully saturated rings. The SMILES string of the molecule is COc1ncc(Cl)c(NCc2cnn(C)c2C)n1. The molecule has 6 nitrogen and oxygen atoms in total. The first-order valence-corrected chi connectivity index (χ1v) is 5.77. The monoisotopic (exact) mass is 267 g/mol. The third kappa shape index (κ3) is 2.53. The van der Waals surface area contributed by atoms with Gasteiger partial charge in [-0.15, -0.1) is 0 Å². The van der Waals surface area contributed by atoms with Crippen LogP contribution in [0.25, 0.3) is 0 Å². The first-order valence-electron chi connectivity index (χ1n) is 5.39. The van der Waals surface area contributed by atoms with Gasteiger partial charge >= 0.3 is 6.01 Å². The summed E-state index contributed by atoms with van der Waals surface area (Å²) in [5.74, 6) is 0.548. The van der Waals surface area contributed by atoms with E-state index in [0.717, 1.165) is 11.3 Å². The molecule has 18 heavy (non-hydrogen) atoms. The minimum Gasteiger partial charge on any atom is -0.467 e. The Labute approximate surface area is 110 Å². The first kappa shape index (κ1) is 12.6. The fraction of sp³-hybridized carbons (Fsp3) is 0.364. The maximum Gasteiger partial charge on any atom is 0.318 e. The Bertz CT molecular complexity index is 554. The van der Waals surface area contributed by atoms with Crippen molar-refractivity contribution < 1.29 is 4.74 Å². The highest BCUT2D eigenvalue weighted by Gasteiger charge is 2.08. The van der Waals surface area contributed by atoms with E-state index in [-0.39, 0.29) is 6.01 Å². The number of nitrogens with one attached hydrogen (secondary N) is 1. The molecule has 0 saturated carbocycles. The predicted octanol–water partition coefficient (Wildman–Crippen LogP) is 1.79. The summed E-state index contributed by atoms with van der Waals surface area (Å²) in [5, 5.41) is 7.77. The number of hydrogen-bond acceptors (Lipinski definition) is 5. The van der Waals surface area contributed by atoms with E-state index in [1.807, 2.05) is 24.9 Å². The van der Waals surface area contributed by atoms with Crippen LogP contribution in [-0.4, -0.2) is 26.9 Å². The van der Waals surface area contributed by atoms with Crippen LogP contribution < -0.4 is 10.1 Å². The number of aryl methyl sites for hydroxylation is 1. The van der Waals surface area contributed by atoms with Gasteiger partial charge in [0.05, 0.1) is 19.5 Å². The highest BCUT2D eigenvalue weighted by molar-refractivity contribution is 6.32. The van der Waals surface area contributed by atoms with Gasteiger partial charge in [0.25, 0.3) is 0 Å². The molecule has 0 radical (unpaired) electrons. The van der Waals surface area contributed by atoms with E-state index in [1.54, 1.807) is 0 Å². The molecule has 0 atom stereocenters. The van der Waals surface area contributed by atoms with Gasteiger partial charge in [-0.05, 0) is 6.92 Å². The number of aromatic nitrogens is 4. The van der Waals surface area contributed by atoms with Gasteiger partial charge < -0.3 is 10.1 Å². The Balaban J connectivity index is 2.12. The lowest BCUT2D eigenvalue weighted by Crippen LogP contribution is -2.05. The minimum absolute atomic E-state index is 0.282. The fourth-order valence-electron chi connectivity index (χ4n) is 1.47. The third-order valence-electron chi connectivity index (χ3n) is 2.69. The average Bonchev–Trinajstić information content (AvgIpc) is 2.69. The zero-order valence-electron chi connectivity index (χ0n) is 10.4. The summed E-state index contributed by atoms with van der Waals surface area (Å²) in [7, 11) is 3.41. The molecule has 0 aromatic carbocycles. The van der Waals surface area contributed by atoms with E-state index in [4.69, 9.17) is 16.3 Å². The predicted molar refractivity (Wildman–Crippen MR) is 68.9 cm³/mol. The number of ether oxygens (including phenoxy) is 1. The molecule has 2 rings (SSSR count). The van der Waals surface area contributed by atoms with Crippen molar-refractivity contribution in [3.8, 4) is 6.01 Å². The number of rotatable bonds is 4. The van der Waals surface area contributed by atoms with Crippen LogP contribution in [0.2, 0.25) is 5.02 Å². The average molecular weight is 268 g/mol. The maximum atomic E-state index is 6.00. The van der Waals surface area contributed by atoms with Crippen LogP contribution in [-0.2, 0) is 13.6 Å². The normalized spacial score (nSPS) is 10.4. The summed E-state index contributed by atoms with van der Waals surface area (Å²) in [5.41, 5.74) is 2.19. The molecule has 96 valence electrons. The summed E-state index contributed by atoms with van der Waals surface area (Å²) in [4.78, 5) is 8.05. The number of anilines is 1. The lowest BCUT2D eigenvalue weighted by atomic mass is 10.2. The van der Waals surface area contributed by atoms with E-state index in [1.165, 1.54) is 13.3 Å². The van der Waals surface area contributed by atoms with Crippen LogP contribution >= 0.6 is 11.6 Å². The van der Waals surface area contributed by atoms with Gasteiger partial charge in [0, 0.05) is 24.8 Å². The van der Waals surface area contributed by atoms with Gasteiger partial charge in [-0.1, -0.05) is 11.6 Å². The molecule has 1 N–H and O–H groups in total. The van der Waals surface area contributed by atoms with Gasteiger partial charge in [0.1, 0.15) is 5.02 Å². The van der Waals surface area contributed by atoms with Crippen molar-refractivity contribution in [1.29, 1.82) is 0 Å². The van der Waals surface area contributed by atoms with Crippen LogP contribution in [0.4, 0.5) is 5.82 Å². The van der Waals surface area contributed by atoms with Crippen LogP contribution in [0, 0.1) is 6.92 Å². The van der Waals surface area contributed by atoms with Crippen molar-refractivity contribution in [2.45, 2.75) is 13.5 Å². The van der Waals surface area contributed by atoms with E-state index < -0.39 is 0 Å². The molecular formula is C11H14ClN5O. The molecule has 0 saturated heterocycles. The summed E-state index contributed by atoms with van der Waals surface area (Å²) in [6.45, 7) is 2.60. The molecule has 7 heteroatoms. The molecule has 0 aliphatic rings. The number of nitrogens with zero attached hydrogens (tertiary/aromatic N) is 4. The Morgan fingerprint density at radius 1 is 1.44 bits per heavy atom. The molecule has 0 amide bonds. The second-order valence-electron chi connectivity index (χ2n) is 3.79. The second kappa shape index (κ2) is 5.22. The molecule has 0 aliphatic heterocycles. The number of methoxy groups -OCH3 is 1. The highest BCUT2D eigenvalue weighted by atomic mass is 35.5. The fourth-order valence-corrected chi connectivity index (χ4v) is 1.63. The summed E-state index contributed by atoms with van der Waals surface area (Å²) >= 11 is 6.00. The summed E-state index contributed by atoms with van der Waals surface area (Å²) in [6.07, 6.45) is 3.32. The molecule has 0 unspecified atom stereocenters. The van der Waals surface area contributed by atoms with E-state index in [9.17, 15) is 0 Å². The number of hydrogen-bond donors (Lipinski definition) is 1. The zero-order valence-corrected chi connectivity index (χ0v) is 11.2. The third-order valence-corrected chi connectivity index (χ3v) is 2.96. The molecule has 2 heterocycles. The van der Waals surface area contributed by atoms with Crippen LogP contribution in [0.3, 0.4) is 0 Å². The molecule has 0 bridgehead atoms. The van der Waals surface area contributed by atoms with Crippen LogP contribution in [0.1, 0.15) is 11.3 Å². The van der Waals surface area contributed by atoms with Gasteiger partial charge in [0.15, 0.2) is 5.82 Å². The minimum atomic E-state index is 0.282. The van der Waals surface area contributed by atoms with Crippen molar-refractivity contribution in [1.82, 2.24) is 19.7 Å². The van der Waals surface area contributed by atoms with Crippen molar-refractivity contribution in [2.24, 2.45) is 7.05 Å². The Hall–Kier alpha value is -1.82. The molecule has 2 aromatic heterocycles. The Morgan fingerprint density at radius 3 is 2.83 bits per heavy atom. The second-order valence-corrected chi connectivity index (χ2v) is 4.19. The summed E-state index contributed by atoms with van der Waals surface area (Å²) < 4.78 is 6.77. The topological polar surface area (TPSA) is 64.9 Å². The quantitative estimate of drug-likeness (QED) is 0.915. The van der Waals surface area contributed by atoms with E-state index in [0.29, 0.717) is 17.4 Å². The lowest BCUT2D eigenvalue weighted by molar-refractivity contribution is 0.380. The molecule has 0 aliphatic carbocycles. The van der Waals surface area contributed by atoms with Crippen molar-refractivity contribution in [2.75, 3.05) is 12.4 Å². The summed E-state index contributed by atoms with van der Waals surface area (Å²) in [6, 6.07) is 0.282. The zero-order chi connectivity index (χ0) is 13.1. The highest BCUT2D eigenvalue weighted by Crippen LogP contribution is 2.21. The first-order chi connectivity index (χ1) is 8.61. The van der Waals surface area contributed by atoms with Gasteiger partial charge in [-0.2, -0.15) is 10.1 Å². The van der Waals surface area contributed by atoms with Crippen molar-refractivity contribution in [3.05, 3.63) is 28.7 Å². The van der Waals surface area contributed by atoms with E-state index in [2.05, 4.69) is 20.4 Å². The smallest absolute Gasteiger partial charge is 0.318 e. The Kier molecular flexibility index (Phi) is 3.66. The van der Waals surface area contributed by atoms with Gasteiger partial charge in [0.2, 0.25) is 0 Å². The molecular weight excluding hydrogens is 254 g/mol. The van der Waals surface area contributed by atoms with Crippen molar-refractivity contribution >= 4 is 17.4 Å². The van der Waals surface area contributed by atoms with Crippen molar-refractivity contribution in [3.63, 3.8) is 0 Å². The molecule has 0 spiro atoms. The Morgan fingerprint density at radius 2 is 2.22 bits per heavy atom. The lowest BCUT2D eigenvalue weighted by Gasteiger charge is -2.07.